The fourth-order valence-corrected chi connectivity index (χ4v) is 1.92. The summed E-state index contributed by atoms with van der Waals surface area (Å²) in [6.45, 7) is 0. The molecule has 2 heterocycles. The van der Waals surface area contributed by atoms with Gasteiger partial charge in [0.2, 0.25) is 0 Å². The van der Waals surface area contributed by atoms with Gasteiger partial charge in [-0.3, -0.25) is 25.0 Å². The quantitative estimate of drug-likeness (QED) is 0.564. The molecule has 0 spiro atoms. The highest BCUT2D eigenvalue weighted by Crippen LogP contribution is 2.22. The molecule has 3 rings (SSSR count). The maximum absolute atomic E-state index is 12.2. The molecule has 1 aromatic carbocycles. The van der Waals surface area contributed by atoms with Gasteiger partial charge in [-0.05, 0) is 18.2 Å². The Balaban J connectivity index is 1.98. The summed E-state index contributed by atoms with van der Waals surface area (Å²) in [5.74, 6) is -0.463. The monoisotopic (exact) mass is 283 g/mol. The maximum Gasteiger partial charge on any atom is 0.276 e. The van der Waals surface area contributed by atoms with E-state index in [4.69, 9.17) is 0 Å². The molecule has 8 nitrogen and oxygen atoms in total. The summed E-state index contributed by atoms with van der Waals surface area (Å²) in [7, 11) is 0. The van der Waals surface area contributed by atoms with Crippen molar-refractivity contribution >= 4 is 28.2 Å². The van der Waals surface area contributed by atoms with Crippen molar-refractivity contribution in [2.75, 3.05) is 5.32 Å². The first-order valence-corrected chi connectivity index (χ1v) is 5.99. The molecule has 2 aromatic heterocycles. The van der Waals surface area contributed by atoms with E-state index in [0.29, 0.717) is 16.6 Å². The molecular weight excluding hydrogens is 274 g/mol. The lowest BCUT2D eigenvalue weighted by Gasteiger charge is -2.02. The highest BCUT2D eigenvalue weighted by atomic mass is 16.6. The molecule has 21 heavy (non-hydrogen) atoms. The van der Waals surface area contributed by atoms with Crippen LogP contribution >= 0.6 is 0 Å². The van der Waals surface area contributed by atoms with Crippen LogP contribution in [0.3, 0.4) is 0 Å². The molecule has 0 unspecified atom stereocenters. The van der Waals surface area contributed by atoms with Gasteiger partial charge >= 0.3 is 0 Å². The minimum atomic E-state index is -0.519. The van der Waals surface area contributed by atoms with Crippen molar-refractivity contribution in [1.82, 2.24) is 15.2 Å². The lowest BCUT2D eigenvalue weighted by atomic mass is 10.2. The number of hydrogen-bond acceptors (Lipinski definition) is 5. The molecule has 0 atom stereocenters. The number of carbonyl (C=O) groups is 1. The van der Waals surface area contributed by atoms with Crippen LogP contribution in [0.1, 0.15) is 10.5 Å². The molecule has 1 amide bonds. The summed E-state index contributed by atoms with van der Waals surface area (Å²) in [6, 6.07) is 7.55. The van der Waals surface area contributed by atoms with E-state index >= 15 is 0 Å². The van der Waals surface area contributed by atoms with Gasteiger partial charge < -0.3 is 5.32 Å². The molecule has 8 heteroatoms. The van der Waals surface area contributed by atoms with E-state index in [9.17, 15) is 14.9 Å². The van der Waals surface area contributed by atoms with E-state index in [1.807, 2.05) is 0 Å². The molecule has 0 aliphatic heterocycles. The number of aromatic amines is 1. The third-order valence-electron chi connectivity index (χ3n) is 2.89. The first-order valence-electron chi connectivity index (χ1n) is 5.99. The predicted octanol–water partition coefficient (Wildman–Crippen LogP) is 2.12. The molecule has 3 aromatic rings. The van der Waals surface area contributed by atoms with E-state index in [1.165, 1.54) is 24.4 Å². The molecule has 0 bridgehead atoms. The summed E-state index contributed by atoms with van der Waals surface area (Å²) in [4.78, 5) is 26.4. The summed E-state index contributed by atoms with van der Waals surface area (Å²) in [5, 5.41) is 20.4. The highest BCUT2D eigenvalue weighted by molar-refractivity contribution is 6.11. The van der Waals surface area contributed by atoms with Crippen molar-refractivity contribution in [3.63, 3.8) is 0 Å². The van der Waals surface area contributed by atoms with Gasteiger partial charge in [0.05, 0.1) is 22.3 Å². The largest absolute Gasteiger partial charge is 0.319 e. The van der Waals surface area contributed by atoms with E-state index in [2.05, 4.69) is 20.5 Å². The number of hydrogen-bond donors (Lipinski definition) is 2. The van der Waals surface area contributed by atoms with Crippen molar-refractivity contribution in [3.8, 4) is 0 Å². The van der Waals surface area contributed by atoms with Gasteiger partial charge in [-0.15, -0.1) is 0 Å². The first-order chi connectivity index (χ1) is 10.1. The Morgan fingerprint density at radius 2 is 2.19 bits per heavy atom. The van der Waals surface area contributed by atoms with Gasteiger partial charge in [-0.1, -0.05) is 0 Å². The topological polar surface area (TPSA) is 114 Å². The third-order valence-corrected chi connectivity index (χ3v) is 2.89. The van der Waals surface area contributed by atoms with Gasteiger partial charge in [0.15, 0.2) is 5.69 Å². The smallest absolute Gasteiger partial charge is 0.276 e. The van der Waals surface area contributed by atoms with Crippen LogP contribution < -0.4 is 5.32 Å². The second-order valence-electron chi connectivity index (χ2n) is 4.26. The predicted molar refractivity (Wildman–Crippen MR) is 74.9 cm³/mol. The lowest BCUT2D eigenvalue weighted by Crippen LogP contribution is -2.12. The average molecular weight is 283 g/mol. The number of benzene rings is 1. The molecule has 0 saturated carbocycles. The third kappa shape index (κ3) is 2.41. The summed E-state index contributed by atoms with van der Waals surface area (Å²) in [5.41, 5.74) is 1.07. The zero-order valence-corrected chi connectivity index (χ0v) is 10.6. The molecule has 0 aliphatic rings. The number of fused-ring (bicyclic) bond motifs is 1. The van der Waals surface area contributed by atoms with Crippen LogP contribution in [0.4, 0.5) is 11.4 Å². The number of pyridine rings is 1. The number of H-pyrrole nitrogens is 1. The first kappa shape index (κ1) is 12.7. The van der Waals surface area contributed by atoms with Gasteiger partial charge in [0, 0.05) is 23.7 Å². The number of carbonyl (C=O) groups excluding carboxylic acids is 1. The number of nitro groups is 1. The van der Waals surface area contributed by atoms with Crippen LogP contribution in [0.5, 0.6) is 0 Å². The molecule has 104 valence electrons. The van der Waals surface area contributed by atoms with Crippen molar-refractivity contribution in [2.24, 2.45) is 0 Å². The van der Waals surface area contributed by atoms with E-state index in [0.717, 1.165) is 0 Å². The zero-order valence-electron chi connectivity index (χ0n) is 10.6. The number of nitrogens with one attached hydrogen (secondary N) is 2. The average Bonchev–Trinajstić information content (AvgIpc) is 2.91. The normalized spacial score (nSPS) is 10.5. The number of non-ortho nitro benzene ring substituents is 1. The van der Waals surface area contributed by atoms with Gasteiger partial charge in [-0.2, -0.15) is 5.10 Å². The Kier molecular flexibility index (Phi) is 3.03. The number of aromatic nitrogens is 3. The van der Waals surface area contributed by atoms with Gasteiger partial charge in [0.1, 0.15) is 0 Å². The standard InChI is InChI=1S/C13H9N5O3/c19-13(15-8-2-1-5-14-7-8)12-10-6-9(18(20)21)3-4-11(10)16-17-12/h1-7H,(H,15,19)(H,16,17). The van der Waals surface area contributed by atoms with Crippen LogP contribution in [0, 0.1) is 10.1 Å². The van der Waals surface area contributed by atoms with E-state index < -0.39 is 10.8 Å². The van der Waals surface area contributed by atoms with Gasteiger partial charge in [-0.25, -0.2) is 0 Å². The number of anilines is 1. The lowest BCUT2D eigenvalue weighted by molar-refractivity contribution is -0.384. The number of nitro benzene ring substituents is 1. The molecule has 0 aliphatic carbocycles. The fraction of sp³-hybridized carbons (Fsp3) is 0. The second kappa shape index (κ2) is 5.00. The Morgan fingerprint density at radius 1 is 1.33 bits per heavy atom. The second-order valence-corrected chi connectivity index (χ2v) is 4.26. The van der Waals surface area contributed by atoms with Crippen LogP contribution in [0.25, 0.3) is 10.9 Å². The van der Waals surface area contributed by atoms with Crippen LogP contribution in [0.2, 0.25) is 0 Å². The maximum atomic E-state index is 12.2. The minimum Gasteiger partial charge on any atom is -0.319 e. The number of nitrogens with zero attached hydrogens (tertiary/aromatic N) is 3. The van der Waals surface area contributed by atoms with Crippen molar-refractivity contribution in [2.45, 2.75) is 0 Å². The van der Waals surface area contributed by atoms with Gasteiger partial charge in [0.25, 0.3) is 11.6 Å². The van der Waals surface area contributed by atoms with Crippen LogP contribution in [0.15, 0.2) is 42.7 Å². The van der Waals surface area contributed by atoms with Crippen molar-refractivity contribution in [1.29, 1.82) is 0 Å². The molecule has 0 radical (unpaired) electrons. The highest BCUT2D eigenvalue weighted by Gasteiger charge is 2.17. The van der Waals surface area contributed by atoms with Crippen LogP contribution in [-0.4, -0.2) is 26.0 Å². The minimum absolute atomic E-state index is 0.0950. The van der Waals surface area contributed by atoms with E-state index in [-0.39, 0.29) is 11.4 Å². The molecule has 2 N–H and O–H groups in total. The molecular formula is C13H9N5O3. The zero-order chi connectivity index (χ0) is 14.8. The van der Waals surface area contributed by atoms with Crippen LogP contribution in [-0.2, 0) is 0 Å². The Bertz CT molecular complexity index is 828. The number of rotatable bonds is 3. The van der Waals surface area contributed by atoms with Crippen molar-refractivity contribution < 1.29 is 9.72 Å². The summed E-state index contributed by atoms with van der Waals surface area (Å²) >= 11 is 0. The summed E-state index contributed by atoms with van der Waals surface area (Å²) in [6.07, 6.45) is 3.08. The Labute approximate surface area is 118 Å². The number of amides is 1. The summed E-state index contributed by atoms with van der Waals surface area (Å²) < 4.78 is 0. The molecule has 0 fully saturated rings. The van der Waals surface area contributed by atoms with Crippen molar-refractivity contribution in [3.05, 3.63) is 58.5 Å². The van der Waals surface area contributed by atoms with E-state index in [1.54, 1.807) is 18.3 Å². The molecule has 0 saturated heterocycles. The Morgan fingerprint density at radius 3 is 2.90 bits per heavy atom. The fourth-order valence-electron chi connectivity index (χ4n) is 1.92. The Hall–Kier alpha value is -3.29. The SMILES string of the molecule is O=C(Nc1cccnc1)c1n[nH]c2ccc([N+](=O)[O-])cc12.